The predicted molar refractivity (Wildman–Crippen MR) is 267 cm³/mol. The van der Waals surface area contributed by atoms with Crippen molar-refractivity contribution in [3.8, 4) is 0 Å². The van der Waals surface area contributed by atoms with Crippen LogP contribution >= 0.6 is 0 Å². The molecule has 4 aliphatic rings. The second-order valence-corrected chi connectivity index (χ2v) is 24.8. The molecule has 1 aromatic rings. The van der Waals surface area contributed by atoms with Crippen LogP contribution in [0.25, 0.3) is 0 Å². The number of rotatable bonds is 15. The molecule has 0 aromatic heterocycles. The minimum absolute atomic E-state index is 0.0395. The van der Waals surface area contributed by atoms with Crippen molar-refractivity contribution in [2.75, 3.05) is 47.2 Å². The highest BCUT2D eigenvalue weighted by Crippen LogP contribution is 2.43. The lowest BCUT2D eigenvalue weighted by Crippen LogP contribution is -2.61. The van der Waals surface area contributed by atoms with Gasteiger partial charge in [-0.1, -0.05) is 32.9 Å². The Labute approximate surface area is 432 Å². The van der Waals surface area contributed by atoms with E-state index in [0.29, 0.717) is 25.9 Å². The lowest BCUT2D eigenvalue weighted by Gasteiger charge is -2.49. The maximum Gasteiger partial charge on any atom is 0.311 e. The molecule has 5 rings (SSSR count). The molecule has 19 nitrogen and oxygen atoms in total. The quantitative estimate of drug-likeness (QED) is 0.125. The smallest absolute Gasteiger partial charge is 0.311 e. The SMILES string of the molecule is CC[C@H]1OC(=O)[C@H](C)[C@@H](O[C@H]2C[C@@](C)(OC)[C@@H](O)[C@H](C)O2)[C@H](C)[C@@H](O[C@@H]2O[C@H](C)C[C@H](N(C)C[C@@H]3C[C@H]3C(=O)N[C@H](CF)[C@H](O)c3ccc(S(C)(=O)=O)cc3)[C@H]2O)[C@](C)(O)C[C@@H](C)CN(C)[C@H](C)[C@@H](O)[C@]1(C)O. The van der Waals surface area contributed by atoms with Crippen LogP contribution in [0.3, 0.4) is 0 Å². The van der Waals surface area contributed by atoms with Crippen LogP contribution in [0.4, 0.5) is 4.39 Å². The molecule has 0 radical (unpaired) electrons. The Morgan fingerprint density at radius 1 is 0.986 bits per heavy atom. The molecule has 3 saturated heterocycles. The van der Waals surface area contributed by atoms with Crippen LogP contribution < -0.4 is 5.32 Å². The van der Waals surface area contributed by atoms with Crippen molar-refractivity contribution >= 4 is 21.7 Å². The van der Waals surface area contributed by atoms with E-state index in [9.17, 15) is 53.0 Å². The van der Waals surface area contributed by atoms with Crippen molar-refractivity contribution < 1.29 is 81.5 Å². The number of aliphatic hydroxyl groups excluding tert-OH is 4. The number of likely N-dealkylation sites (N-methyl/N-ethyl adjacent to an activating group) is 2. The minimum Gasteiger partial charge on any atom is -0.459 e. The fraction of sp³-hybridized carbons (Fsp3) is 0.846. The van der Waals surface area contributed by atoms with Gasteiger partial charge in [-0.15, -0.1) is 0 Å². The Morgan fingerprint density at radius 2 is 1.62 bits per heavy atom. The molecule has 1 aromatic carbocycles. The van der Waals surface area contributed by atoms with E-state index >= 15 is 0 Å². The average molecular weight is 1060 g/mol. The van der Waals surface area contributed by atoms with Gasteiger partial charge in [-0.2, -0.15) is 0 Å². The Bertz CT molecular complexity index is 2090. The molecule has 420 valence electrons. The largest absolute Gasteiger partial charge is 0.459 e. The third-order valence-electron chi connectivity index (χ3n) is 16.4. The van der Waals surface area contributed by atoms with E-state index in [1.165, 1.54) is 38.3 Å². The number of sulfone groups is 1. The third kappa shape index (κ3) is 14.4. The summed E-state index contributed by atoms with van der Waals surface area (Å²) in [6, 6.07) is 2.95. The van der Waals surface area contributed by atoms with E-state index in [0.717, 1.165) is 6.26 Å². The lowest BCUT2D eigenvalue weighted by atomic mass is 9.77. The summed E-state index contributed by atoms with van der Waals surface area (Å²) < 4.78 is 76.2. The number of halogens is 1. The number of nitrogens with one attached hydrogen (secondary N) is 1. The summed E-state index contributed by atoms with van der Waals surface area (Å²) in [4.78, 5) is 31.8. The zero-order valence-electron chi connectivity index (χ0n) is 45.4. The lowest BCUT2D eigenvalue weighted by molar-refractivity contribution is -0.318. The van der Waals surface area contributed by atoms with E-state index in [2.05, 4.69) is 5.32 Å². The molecule has 0 bridgehead atoms. The van der Waals surface area contributed by atoms with Gasteiger partial charge in [0.05, 0.1) is 52.5 Å². The minimum atomic E-state index is -3.49. The Hall–Kier alpha value is -2.48. The van der Waals surface area contributed by atoms with E-state index in [1.807, 2.05) is 30.7 Å². The molecule has 1 saturated carbocycles. The number of carbonyl (C=O) groups excluding carboxylic acids is 2. The Balaban J connectivity index is 1.41. The highest BCUT2D eigenvalue weighted by atomic mass is 32.2. The van der Waals surface area contributed by atoms with Gasteiger partial charge in [-0.3, -0.25) is 9.59 Å². The number of carbonyl (C=O) groups is 2. The van der Waals surface area contributed by atoms with E-state index in [-0.39, 0.29) is 41.6 Å². The molecule has 4 fully saturated rings. The molecule has 3 heterocycles. The number of methoxy groups -OCH3 is 1. The van der Waals surface area contributed by atoms with Crippen LogP contribution in [-0.2, 0) is 47.8 Å². The van der Waals surface area contributed by atoms with Gasteiger partial charge >= 0.3 is 5.97 Å². The number of ether oxygens (including phenoxy) is 6. The first kappa shape index (κ1) is 61.4. The molecule has 7 N–H and O–H groups in total. The second-order valence-electron chi connectivity index (χ2n) is 22.8. The van der Waals surface area contributed by atoms with Crippen LogP contribution in [0.5, 0.6) is 0 Å². The van der Waals surface area contributed by atoms with Crippen LogP contribution in [0.15, 0.2) is 29.2 Å². The van der Waals surface area contributed by atoms with Gasteiger partial charge in [0.1, 0.15) is 42.8 Å². The average Bonchev–Trinajstić information content (AvgIpc) is 4.10. The fourth-order valence-corrected chi connectivity index (χ4v) is 12.2. The number of nitrogens with zero attached hydrogens (tertiary/aromatic N) is 2. The summed E-state index contributed by atoms with van der Waals surface area (Å²) in [6.45, 7) is 16.8. The molecular formula is C52H88FN3O16S. The van der Waals surface area contributed by atoms with Gasteiger partial charge in [0, 0.05) is 56.8 Å². The van der Waals surface area contributed by atoms with Crippen molar-refractivity contribution in [2.45, 2.75) is 209 Å². The summed E-state index contributed by atoms with van der Waals surface area (Å²) in [5.74, 6) is -4.12. The van der Waals surface area contributed by atoms with E-state index in [4.69, 9.17) is 28.4 Å². The number of alkyl halides is 1. The number of amides is 1. The normalized spacial score (nSPS) is 42.5. The number of benzene rings is 1. The Morgan fingerprint density at radius 3 is 2.19 bits per heavy atom. The maximum absolute atomic E-state index is 14.5. The van der Waals surface area contributed by atoms with Crippen molar-refractivity contribution in [3.63, 3.8) is 0 Å². The number of hydrogen-bond acceptors (Lipinski definition) is 18. The van der Waals surface area contributed by atoms with Gasteiger partial charge in [0.2, 0.25) is 5.91 Å². The standard InChI is InChI=1S/C52H88FN3O16S/c1-15-39-52(10,64)44(59)31(6)55(11)25-27(2)22-50(8,63)46(29(4)43(30(5)48(62)70-39)71-40-23-51(9,67-13)45(60)32(7)69-40)72-49-42(58)38(20-28(3)68-49)56(12)26-34-21-36(34)47(61)54-37(24-53)41(57)33-16-18-35(19-17-33)73(14,65)66/h16-19,27-32,34,36-46,49,57-60,63-64H,15,20-26H2,1-14H3,(H,54,61)/t27-,28-,29+,30-,31-,32+,34+,36-,37-,38+,39-,40+,41-,42-,43+,44-,45+,46-,49+,50-,51-,52-/m1/s1. The number of cyclic esters (lactones) is 1. The first-order valence-electron chi connectivity index (χ1n) is 25.9. The fourth-order valence-electron chi connectivity index (χ4n) is 11.6. The summed E-state index contributed by atoms with van der Waals surface area (Å²) in [6.07, 6.45) is -9.88. The van der Waals surface area contributed by atoms with Gasteiger partial charge in [-0.05, 0) is 118 Å². The maximum atomic E-state index is 14.5. The number of esters is 1. The topological polar surface area (TPSA) is 264 Å². The van der Waals surface area contributed by atoms with Gasteiger partial charge in [0.15, 0.2) is 22.4 Å². The first-order valence-corrected chi connectivity index (χ1v) is 27.8. The molecule has 1 amide bonds. The van der Waals surface area contributed by atoms with Crippen LogP contribution in [-0.4, -0.2) is 204 Å². The summed E-state index contributed by atoms with van der Waals surface area (Å²) in [5, 5.41) is 73.2. The highest BCUT2D eigenvalue weighted by Gasteiger charge is 2.54. The summed E-state index contributed by atoms with van der Waals surface area (Å²) in [5.41, 5.74) is -4.43. The van der Waals surface area contributed by atoms with E-state index in [1.54, 1.807) is 55.5 Å². The van der Waals surface area contributed by atoms with Crippen molar-refractivity contribution in [1.82, 2.24) is 15.1 Å². The van der Waals surface area contributed by atoms with Crippen molar-refractivity contribution in [1.29, 1.82) is 0 Å². The molecule has 1 aliphatic carbocycles. The predicted octanol–water partition coefficient (Wildman–Crippen LogP) is 2.50. The van der Waals surface area contributed by atoms with Crippen LogP contribution in [0.2, 0.25) is 0 Å². The molecule has 0 unspecified atom stereocenters. The highest BCUT2D eigenvalue weighted by molar-refractivity contribution is 7.90. The van der Waals surface area contributed by atoms with Gasteiger partial charge in [-0.25, -0.2) is 12.8 Å². The van der Waals surface area contributed by atoms with Gasteiger partial charge < -0.3 is 74.2 Å². The van der Waals surface area contributed by atoms with E-state index < -0.39 is 149 Å². The number of hydrogen-bond donors (Lipinski definition) is 7. The monoisotopic (exact) mass is 1060 g/mol. The first-order chi connectivity index (χ1) is 33.8. The molecule has 0 spiro atoms. The van der Waals surface area contributed by atoms with Crippen LogP contribution in [0, 0.1) is 29.6 Å². The zero-order chi connectivity index (χ0) is 54.9. The van der Waals surface area contributed by atoms with Gasteiger partial charge in [0.25, 0.3) is 0 Å². The van der Waals surface area contributed by atoms with Crippen molar-refractivity contribution in [2.24, 2.45) is 29.6 Å². The summed E-state index contributed by atoms with van der Waals surface area (Å²) >= 11 is 0. The molecule has 21 heteroatoms. The zero-order valence-corrected chi connectivity index (χ0v) is 46.2. The molecule has 22 atom stereocenters. The number of aliphatic hydroxyl groups is 6. The molecule has 73 heavy (non-hydrogen) atoms. The molecule has 3 aliphatic heterocycles. The molecular weight excluding hydrogens is 974 g/mol. The van der Waals surface area contributed by atoms with Crippen molar-refractivity contribution in [3.05, 3.63) is 29.8 Å². The second kappa shape index (κ2) is 24.5. The Kier molecular flexibility index (Phi) is 20.6. The van der Waals surface area contributed by atoms with Crippen LogP contribution in [0.1, 0.15) is 113 Å². The third-order valence-corrected chi connectivity index (χ3v) is 17.5. The summed E-state index contributed by atoms with van der Waals surface area (Å²) in [7, 11) is 1.60.